The van der Waals surface area contributed by atoms with Crippen molar-refractivity contribution < 1.29 is 9.53 Å². The number of anilines is 1. The molecule has 1 aromatic rings. The topological polar surface area (TPSA) is 54.5 Å². The third kappa shape index (κ3) is 3.38. The van der Waals surface area contributed by atoms with Crippen molar-refractivity contribution >= 4 is 23.3 Å². The first-order valence-corrected chi connectivity index (χ1v) is 9.22. The highest BCUT2D eigenvalue weighted by molar-refractivity contribution is 6.33. The maximum atomic E-state index is 12.3. The number of pyridine rings is 1. The number of nitrogens with one attached hydrogen (secondary N) is 1. The highest BCUT2D eigenvalue weighted by atomic mass is 35.5. The van der Waals surface area contributed by atoms with E-state index in [1.807, 2.05) is 6.92 Å². The zero-order valence-corrected chi connectivity index (χ0v) is 15.2. The maximum absolute atomic E-state index is 12.3. The summed E-state index contributed by atoms with van der Waals surface area (Å²) in [5.74, 6) is -0.111. The minimum atomic E-state index is -0.176. The Morgan fingerprint density at radius 3 is 2.96 bits per heavy atom. The molecule has 1 N–H and O–H groups in total. The van der Waals surface area contributed by atoms with Crippen molar-refractivity contribution in [3.63, 3.8) is 0 Å². The molecule has 2 fully saturated rings. The molecule has 5 nitrogen and oxygen atoms in total. The van der Waals surface area contributed by atoms with Crippen molar-refractivity contribution in [1.82, 2.24) is 10.3 Å². The Morgan fingerprint density at radius 2 is 2.33 bits per heavy atom. The highest BCUT2D eigenvalue weighted by Crippen LogP contribution is 2.43. The Labute approximate surface area is 148 Å². The summed E-state index contributed by atoms with van der Waals surface area (Å²) in [6, 6.07) is 1.80. The molecule has 2 saturated heterocycles. The maximum Gasteiger partial charge on any atom is 0.310 e. The standard InChI is InChI=1S/C18H26ClN3O2/c1-3-4-5-6-13(2)16(23)24-17-18(10-21-17)11-22(12-18)15-9-20-8-7-14(15)19/h7-9,13,17,21H,3-6,10-12H2,1-2H3. The number of halogens is 1. The summed E-state index contributed by atoms with van der Waals surface area (Å²) < 4.78 is 5.73. The number of unbranched alkanes of at least 4 members (excludes halogenated alkanes) is 2. The van der Waals surface area contributed by atoms with Gasteiger partial charge < -0.3 is 9.64 Å². The van der Waals surface area contributed by atoms with Crippen LogP contribution in [0.3, 0.4) is 0 Å². The SMILES string of the molecule is CCCCCC(C)C(=O)OC1NCC12CN(c1cnccc1Cl)C2. The highest BCUT2D eigenvalue weighted by Gasteiger charge is 2.57. The van der Waals surface area contributed by atoms with E-state index in [9.17, 15) is 4.79 Å². The normalized spacial score (nSPS) is 22.6. The van der Waals surface area contributed by atoms with Gasteiger partial charge in [-0.25, -0.2) is 0 Å². The molecule has 3 rings (SSSR count). The van der Waals surface area contributed by atoms with E-state index in [0.717, 1.165) is 38.2 Å². The zero-order valence-electron chi connectivity index (χ0n) is 14.4. The Bertz CT molecular complexity index is 589. The van der Waals surface area contributed by atoms with E-state index in [1.54, 1.807) is 18.5 Å². The molecule has 1 aromatic heterocycles. The Morgan fingerprint density at radius 1 is 1.54 bits per heavy atom. The number of hydrogen-bond donors (Lipinski definition) is 1. The molecule has 0 saturated carbocycles. The summed E-state index contributed by atoms with van der Waals surface area (Å²) in [6.45, 7) is 6.69. The van der Waals surface area contributed by atoms with Gasteiger partial charge in [0.25, 0.3) is 0 Å². The molecule has 0 radical (unpaired) electrons. The first kappa shape index (κ1) is 17.5. The van der Waals surface area contributed by atoms with Crippen LogP contribution in [0.25, 0.3) is 0 Å². The first-order chi connectivity index (χ1) is 11.6. The van der Waals surface area contributed by atoms with Crippen molar-refractivity contribution in [3.8, 4) is 0 Å². The van der Waals surface area contributed by atoms with Crippen molar-refractivity contribution in [1.29, 1.82) is 0 Å². The molecule has 1 spiro atoms. The lowest BCUT2D eigenvalue weighted by molar-refractivity contribution is -0.180. The lowest BCUT2D eigenvalue weighted by Crippen LogP contribution is -2.77. The van der Waals surface area contributed by atoms with Crippen LogP contribution in [-0.4, -0.2) is 36.8 Å². The predicted molar refractivity (Wildman–Crippen MR) is 95.1 cm³/mol. The quantitative estimate of drug-likeness (QED) is 0.603. The summed E-state index contributed by atoms with van der Waals surface area (Å²) in [7, 11) is 0. The second kappa shape index (κ2) is 7.28. The van der Waals surface area contributed by atoms with Gasteiger partial charge in [-0.2, -0.15) is 0 Å². The van der Waals surface area contributed by atoms with Gasteiger partial charge in [0.15, 0.2) is 6.23 Å². The molecule has 3 heterocycles. The molecular formula is C18H26ClN3O2. The number of hydrogen-bond acceptors (Lipinski definition) is 5. The number of rotatable bonds is 7. The third-order valence-electron chi connectivity index (χ3n) is 5.17. The molecule has 6 heteroatoms. The Hall–Kier alpha value is -1.33. The van der Waals surface area contributed by atoms with Crippen LogP contribution in [0.4, 0.5) is 5.69 Å². The van der Waals surface area contributed by atoms with Crippen LogP contribution in [0.1, 0.15) is 39.5 Å². The lowest BCUT2D eigenvalue weighted by atomic mass is 9.72. The van der Waals surface area contributed by atoms with Crippen molar-refractivity contribution in [3.05, 3.63) is 23.5 Å². The fourth-order valence-corrected chi connectivity index (χ4v) is 3.68. The molecule has 2 atom stereocenters. The lowest BCUT2D eigenvalue weighted by Gasteiger charge is -2.60. The van der Waals surface area contributed by atoms with Gasteiger partial charge in [-0.1, -0.05) is 44.7 Å². The van der Waals surface area contributed by atoms with Gasteiger partial charge in [0.2, 0.25) is 0 Å². The number of carbonyl (C=O) groups excluding carboxylic acids is 1. The van der Waals surface area contributed by atoms with Crippen LogP contribution in [0, 0.1) is 11.3 Å². The number of carbonyl (C=O) groups is 1. The molecular weight excluding hydrogens is 326 g/mol. The van der Waals surface area contributed by atoms with Gasteiger partial charge >= 0.3 is 5.97 Å². The molecule has 0 aliphatic carbocycles. The minimum absolute atomic E-state index is 0.0258. The smallest absolute Gasteiger partial charge is 0.310 e. The van der Waals surface area contributed by atoms with Gasteiger partial charge in [-0.05, 0) is 12.5 Å². The largest absolute Gasteiger partial charge is 0.446 e. The average Bonchev–Trinajstić information content (AvgIpc) is 2.52. The number of nitrogens with zero attached hydrogens (tertiary/aromatic N) is 2. The van der Waals surface area contributed by atoms with Gasteiger partial charge in [0, 0.05) is 25.8 Å². The zero-order chi connectivity index (χ0) is 17.2. The average molecular weight is 352 g/mol. The van der Waals surface area contributed by atoms with Crippen LogP contribution >= 0.6 is 11.6 Å². The van der Waals surface area contributed by atoms with Gasteiger partial charge in [0.05, 0.1) is 28.2 Å². The van der Waals surface area contributed by atoms with E-state index in [4.69, 9.17) is 16.3 Å². The van der Waals surface area contributed by atoms with Crippen LogP contribution in [-0.2, 0) is 9.53 Å². The summed E-state index contributed by atoms with van der Waals surface area (Å²) in [4.78, 5) is 18.6. The van der Waals surface area contributed by atoms with Crippen molar-refractivity contribution in [2.24, 2.45) is 11.3 Å². The molecule has 2 aliphatic heterocycles. The second-order valence-electron chi connectivity index (χ2n) is 7.14. The van der Waals surface area contributed by atoms with E-state index in [0.29, 0.717) is 5.02 Å². The van der Waals surface area contributed by atoms with Crippen LogP contribution in [0.5, 0.6) is 0 Å². The molecule has 0 bridgehead atoms. The Balaban J connectivity index is 1.49. The molecule has 2 aliphatic rings. The first-order valence-electron chi connectivity index (χ1n) is 8.84. The summed E-state index contributed by atoms with van der Waals surface area (Å²) >= 11 is 6.23. The fourth-order valence-electron chi connectivity index (χ4n) is 3.46. The van der Waals surface area contributed by atoms with Crippen LogP contribution in [0.15, 0.2) is 18.5 Å². The fraction of sp³-hybridized carbons (Fsp3) is 0.667. The van der Waals surface area contributed by atoms with Gasteiger partial charge in [0.1, 0.15) is 0 Å². The van der Waals surface area contributed by atoms with E-state index in [2.05, 4.69) is 22.1 Å². The summed E-state index contributed by atoms with van der Waals surface area (Å²) in [5, 5.41) is 3.97. The summed E-state index contributed by atoms with van der Waals surface area (Å²) in [5.41, 5.74) is 0.979. The van der Waals surface area contributed by atoms with E-state index < -0.39 is 0 Å². The van der Waals surface area contributed by atoms with Crippen LogP contribution < -0.4 is 10.2 Å². The second-order valence-corrected chi connectivity index (χ2v) is 7.55. The minimum Gasteiger partial charge on any atom is -0.446 e. The molecule has 24 heavy (non-hydrogen) atoms. The van der Waals surface area contributed by atoms with Gasteiger partial charge in [-0.15, -0.1) is 0 Å². The summed E-state index contributed by atoms with van der Waals surface area (Å²) in [6.07, 6.45) is 7.64. The molecule has 2 unspecified atom stereocenters. The number of ether oxygens (including phenoxy) is 1. The molecule has 0 amide bonds. The van der Waals surface area contributed by atoms with E-state index in [1.165, 1.54) is 12.8 Å². The number of esters is 1. The molecule has 132 valence electrons. The predicted octanol–water partition coefficient (Wildman–Crippen LogP) is 3.23. The van der Waals surface area contributed by atoms with E-state index >= 15 is 0 Å². The van der Waals surface area contributed by atoms with Crippen molar-refractivity contribution in [2.45, 2.75) is 45.8 Å². The van der Waals surface area contributed by atoms with Gasteiger partial charge in [-0.3, -0.25) is 15.1 Å². The Kier molecular flexibility index (Phi) is 5.30. The van der Waals surface area contributed by atoms with Crippen molar-refractivity contribution in [2.75, 3.05) is 24.5 Å². The van der Waals surface area contributed by atoms with E-state index in [-0.39, 0.29) is 23.5 Å². The third-order valence-corrected chi connectivity index (χ3v) is 5.49. The number of aromatic nitrogens is 1. The molecule has 0 aromatic carbocycles. The van der Waals surface area contributed by atoms with Crippen LogP contribution in [0.2, 0.25) is 5.02 Å². The monoisotopic (exact) mass is 351 g/mol.